The molecule has 114 valence electrons. The van der Waals surface area contributed by atoms with Gasteiger partial charge in [0.25, 0.3) is 11.8 Å². The molecule has 1 aromatic carbocycles. The Hall–Kier alpha value is -1.92. The van der Waals surface area contributed by atoms with Gasteiger partial charge in [-0.25, -0.2) is 0 Å². The van der Waals surface area contributed by atoms with Crippen molar-refractivity contribution in [1.29, 1.82) is 0 Å². The molecule has 0 saturated heterocycles. The number of nitrogens with one attached hydrogen (secondary N) is 1. The van der Waals surface area contributed by atoms with Crippen molar-refractivity contribution in [3.63, 3.8) is 0 Å². The highest BCUT2D eigenvalue weighted by atomic mass is 35.5. The van der Waals surface area contributed by atoms with Gasteiger partial charge in [0.2, 0.25) is 5.91 Å². The predicted molar refractivity (Wildman–Crippen MR) is 80.3 cm³/mol. The van der Waals surface area contributed by atoms with Crippen molar-refractivity contribution in [1.82, 2.24) is 10.2 Å². The van der Waals surface area contributed by atoms with Crippen LogP contribution in [0.15, 0.2) is 24.3 Å². The van der Waals surface area contributed by atoms with E-state index in [0.29, 0.717) is 11.1 Å². The zero-order chi connectivity index (χ0) is 14.9. The molecule has 0 atom stereocenters. The molecule has 0 unspecified atom stereocenters. The Bertz CT molecular complexity index is 546. The van der Waals surface area contributed by atoms with Crippen molar-refractivity contribution >= 4 is 30.1 Å². The lowest BCUT2D eigenvalue weighted by atomic mass is 10.1. The van der Waals surface area contributed by atoms with Gasteiger partial charge in [0.1, 0.15) is 6.54 Å². The molecular formula is C14H18ClN3O3. The summed E-state index contributed by atoms with van der Waals surface area (Å²) in [6.07, 6.45) is 0. The summed E-state index contributed by atoms with van der Waals surface area (Å²) < 4.78 is 0. The first-order valence-electron chi connectivity index (χ1n) is 6.30. The number of carbonyl (C=O) groups excluding carboxylic acids is 3. The molecule has 0 fully saturated rings. The number of fused-ring (bicyclic) bond motifs is 1. The standard InChI is InChI=1S/C14H17N3O3.ClH/c1-14(2,15)8-16-11(18)7-17-12(19)9-5-3-4-6-10(9)13(17)20;/h3-6H,7-8,15H2,1-2H3,(H,16,18);1H. The summed E-state index contributed by atoms with van der Waals surface area (Å²) in [5.74, 6) is -1.28. The molecule has 1 aliphatic heterocycles. The fourth-order valence-electron chi connectivity index (χ4n) is 1.91. The highest BCUT2D eigenvalue weighted by Gasteiger charge is 2.36. The molecule has 0 saturated carbocycles. The van der Waals surface area contributed by atoms with E-state index < -0.39 is 23.3 Å². The van der Waals surface area contributed by atoms with Gasteiger partial charge in [0.05, 0.1) is 11.1 Å². The lowest BCUT2D eigenvalue weighted by Crippen LogP contribution is -2.48. The van der Waals surface area contributed by atoms with Gasteiger partial charge >= 0.3 is 0 Å². The number of halogens is 1. The second-order valence-corrected chi connectivity index (χ2v) is 5.51. The minimum atomic E-state index is -0.544. The van der Waals surface area contributed by atoms with E-state index in [4.69, 9.17) is 5.73 Å². The zero-order valence-electron chi connectivity index (χ0n) is 11.9. The van der Waals surface area contributed by atoms with Crippen LogP contribution in [0, 0.1) is 0 Å². The Morgan fingerprint density at radius 3 is 2.10 bits per heavy atom. The van der Waals surface area contributed by atoms with Crippen molar-refractivity contribution < 1.29 is 14.4 Å². The Balaban J connectivity index is 0.00000220. The van der Waals surface area contributed by atoms with Gasteiger partial charge in [-0.3, -0.25) is 19.3 Å². The molecule has 6 nitrogen and oxygen atoms in total. The topological polar surface area (TPSA) is 92.5 Å². The number of rotatable bonds is 4. The van der Waals surface area contributed by atoms with Gasteiger partial charge in [-0.05, 0) is 26.0 Å². The molecule has 3 N–H and O–H groups in total. The van der Waals surface area contributed by atoms with Gasteiger partial charge < -0.3 is 11.1 Å². The molecule has 0 spiro atoms. The molecule has 0 aromatic heterocycles. The number of amides is 3. The fourth-order valence-corrected chi connectivity index (χ4v) is 1.91. The summed E-state index contributed by atoms with van der Waals surface area (Å²) in [6.45, 7) is 3.53. The summed E-state index contributed by atoms with van der Waals surface area (Å²) in [7, 11) is 0. The summed E-state index contributed by atoms with van der Waals surface area (Å²) >= 11 is 0. The summed E-state index contributed by atoms with van der Waals surface area (Å²) in [5.41, 5.74) is 5.88. The summed E-state index contributed by atoms with van der Waals surface area (Å²) in [6, 6.07) is 6.53. The third-order valence-corrected chi connectivity index (χ3v) is 2.92. The van der Waals surface area contributed by atoms with Crippen LogP contribution in [0.3, 0.4) is 0 Å². The monoisotopic (exact) mass is 311 g/mol. The number of carbonyl (C=O) groups is 3. The predicted octanol–water partition coefficient (Wildman–Crippen LogP) is 0.558. The number of hydrogen-bond donors (Lipinski definition) is 2. The minimum Gasteiger partial charge on any atom is -0.353 e. The van der Waals surface area contributed by atoms with Crippen LogP contribution in [0.1, 0.15) is 34.6 Å². The smallest absolute Gasteiger partial charge is 0.262 e. The molecule has 3 amide bonds. The molecule has 21 heavy (non-hydrogen) atoms. The first-order chi connectivity index (χ1) is 9.29. The van der Waals surface area contributed by atoms with Gasteiger partial charge in [0, 0.05) is 12.1 Å². The molecule has 0 radical (unpaired) electrons. The van der Waals surface area contributed by atoms with Crippen molar-refractivity contribution in [3.8, 4) is 0 Å². The van der Waals surface area contributed by atoms with Crippen LogP contribution in [-0.4, -0.2) is 41.2 Å². The van der Waals surface area contributed by atoms with E-state index in [2.05, 4.69) is 5.32 Å². The second kappa shape index (κ2) is 6.24. The Morgan fingerprint density at radius 1 is 1.19 bits per heavy atom. The van der Waals surface area contributed by atoms with Crippen LogP contribution in [0.25, 0.3) is 0 Å². The first kappa shape index (κ1) is 17.1. The molecule has 2 rings (SSSR count). The molecule has 1 aliphatic rings. The van der Waals surface area contributed by atoms with E-state index >= 15 is 0 Å². The Kier molecular flexibility index (Phi) is 5.09. The van der Waals surface area contributed by atoms with Gasteiger partial charge in [-0.2, -0.15) is 0 Å². The van der Waals surface area contributed by atoms with Crippen LogP contribution in [-0.2, 0) is 4.79 Å². The molecule has 7 heteroatoms. The third-order valence-electron chi connectivity index (χ3n) is 2.92. The number of hydrogen-bond acceptors (Lipinski definition) is 4. The van der Waals surface area contributed by atoms with E-state index in [-0.39, 0.29) is 25.5 Å². The minimum absolute atomic E-state index is 0. The van der Waals surface area contributed by atoms with Gasteiger partial charge in [0.15, 0.2) is 0 Å². The normalized spacial score (nSPS) is 13.8. The Morgan fingerprint density at radius 2 is 1.67 bits per heavy atom. The lowest BCUT2D eigenvalue weighted by molar-refractivity contribution is -0.121. The maximum Gasteiger partial charge on any atom is 0.262 e. The largest absolute Gasteiger partial charge is 0.353 e. The van der Waals surface area contributed by atoms with Crippen LogP contribution in [0.2, 0.25) is 0 Å². The second-order valence-electron chi connectivity index (χ2n) is 5.51. The van der Waals surface area contributed by atoms with Crippen molar-refractivity contribution in [2.75, 3.05) is 13.1 Å². The Labute approximate surface area is 129 Å². The highest BCUT2D eigenvalue weighted by molar-refractivity contribution is 6.22. The number of nitrogens with zero attached hydrogens (tertiary/aromatic N) is 1. The van der Waals surface area contributed by atoms with E-state index in [1.807, 2.05) is 0 Å². The third kappa shape index (κ3) is 3.80. The molecular weight excluding hydrogens is 294 g/mol. The van der Waals surface area contributed by atoms with Crippen molar-refractivity contribution in [3.05, 3.63) is 35.4 Å². The van der Waals surface area contributed by atoms with Gasteiger partial charge in [-0.15, -0.1) is 12.4 Å². The number of imide groups is 1. The van der Waals surface area contributed by atoms with Crippen LogP contribution < -0.4 is 11.1 Å². The van der Waals surface area contributed by atoms with Crippen LogP contribution in [0.4, 0.5) is 0 Å². The number of benzene rings is 1. The van der Waals surface area contributed by atoms with Crippen molar-refractivity contribution in [2.24, 2.45) is 5.73 Å². The van der Waals surface area contributed by atoms with E-state index in [9.17, 15) is 14.4 Å². The molecule has 0 bridgehead atoms. The van der Waals surface area contributed by atoms with E-state index in [0.717, 1.165) is 4.90 Å². The maximum absolute atomic E-state index is 12.0. The average Bonchev–Trinajstić information content (AvgIpc) is 2.62. The lowest BCUT2D eigenvalue weighted by Gasteiger charge is -2.20. The van der Waals surface area contributed by atoms with E-state index in [1.165, 1.54) is 0 Å². The summed E-state index contributed by atoms with van der Waals surface area (Å²) in [5, 5.41) is 2.61. The quantitative estimate of drug-likeness (QED) is 0.795. The first-order valence-corrected chi connectivity index (χ1v) is 6.30. The summed E-state index contributed by atoms with van der Waals surface area (Å²) in [4.78, 5) is 36.8. The zero-order valence-corrected chi connectivity index (χ0v) is 12.7. The van der Waals surface area contributed by atoms with Crippen molar-refractivity contribution in [2.45, 2.75) is 19.4 Å². The van der Waals surface area contributed by atoms with Gasteiger partial charge in [-0.1, -0.05) is 12.1 Å². The van der Waals surface area contributed by atoms with Crippen LogP contribution >= 0.6 is 12.4 Å². The molecule has 0 aliphatic carbocycles. The average molecular weight is 312 g/mol. The number of nitrogens with two attached hydrogens (primary N) is 1. The van der Waals surface area contributed by atoms with Crippen LogP contribution in [0.5, 0.6) is 0 Å². The molecule has 1 heterocycles. The van der Waals surface area contributed by atoms with E-state index in [1.54, 1.807) is 38.1 Å². The molecule has 1 aromatic rings. The highest BCUT2D eigenvalue weighted by Crippen LogP contribution is 2.21. The fraction of sp³-hybridized carbons (Fsp3) is 0.357. The maximum atomic E-state index is 12.0. The SMILES string of the molecule is CC(C)(N)CNC(=O)CN1C(=O)c2ccccc2C1=O.Cl.